The number of anilines is 2. The van der Waals surface area contributed by atoms with Crippen molar-refractivity contribution in [3.63, 3.8) is 0 Å². The van der Waals surface area contributed by atoms with E-state index in [9.17, 15) is 22.8 Å². The van der Waals surface area contributed by atoms with E-state index in [-0.39, 0.29) is 6.42 Å². The van der Waals surface area contributed by atoms with Crippen molar-refractivity contribution in [1.82, 2.24) is 0 Å². The van der Waals surface area contributed by atoms with Gasteiger partial charge in [-0.3, -0.25) is 9.59 Å². The van der Waals surface area contributed by atoms with Gasteiger partial charge in [-0.15, -0.1) is 0 Å². The molecule has 0 bridgehead atoms. The van der Waals surface area contributed by atoms with Crippen LogP contribution in [0.3, 0.4) is 0 Å². The number of methoxy groups -OCH3 is 2. The summed E-state index contributed by atoms with van der Waals surface area (Å²) >= 11 is 0. The minimum absolute atomic E-state index is 0.245. The molecule has 0 saturated heterocycles. The third-order valence-corrected chi connectivity index (χ3v) is 4.42. The Morgan fingerprint density at radius 1 is 0.893 bits per heavy atom. The Bertz CT molecular complexity index is 936. The van der Waals surface area contributed by atoms with E-state index in [2.05, 4.69) is 10.6 Å². The second-order valence-corrected chi connectivity index (χ2v) is 6.22. The van der Waals surface area contributed by atoms with E-state index in [4.69, 9.17) is 9.47 Å². The Morgan fingerprint density at radius 3 is 2.14 bits per heavy atom. The molecule has 2 N–H and O–H groups in total. The van der Waals surface area contributed by atoms with Crippen LogP contribution in [-0.2, 0) is 9.59 Å². The quantitative estimate of drug-likeness (QED) is 0.737. The van der Waals surface area contributed by atoms with Gasteiger partial charge in [0.1, 0.15) is 11.5 Å². The fourth-order valence-electron chi connectivity index (χ4n) is 2.76. The minimum Gasteiger partial charge on any atom is -0.497 e. The molecule has 148 valence electrons. The van der Waals surface area contributed by atoms with E-state index in [1.165, 1.54) is 14.2 Å². The standard InChI is InChI=1S/C19H17F3N2O4/c1-27-9-3-6-15(28-2)14(7-9)24-19(26)11-8-10(11)18(25)23-13-5-4-12(20)16(21)17(13)22/h3-7,10-11H,8H2,1-2H3,(H,23,25)(H,24,26). The zero-order valence-corrected chi connectivity index (χ0v) is 15.0. The van der Waals surface area contributed by atoms with Crippen molar-refractivity contribution in [2.75, 3.05) is 24.9 Å². The highest BCUT2D eigenvalue weighted by Gasteiger charge is 2.48. The van der Waals surface area contributed by atoms with Crippen LogP contribution < -0.4 is 20.1 Å². The average Bonchev–Trinajstić information content (AvgIpc) is 3.49. The molecule has 0 heterocycles. The molecule has 9 heteroatoms. The van der Waals surface area contributed by atoms with Crippen molar-refractivity contribution in [2.24, 2.45) is 11.8 Å². The maximum absolute atomic E-state index is 13.7. The lowest BCUT2D eigenvalue weighted by molar-refractivity contribution is -0.122. The number of rotatable bonds is 6. The molecule has 2 aromatic carbocycles. The van der Waals surface area contributed by atoms with Crippen molar-refractivity contribution in [3.8, 4) is 11.5 Å². The molecule has 6 nitrogen and oxygen atoms in total. The molecule has 2 unspecified atom stereocenters. The maximum Gasteiger partial charge on any atom is 0.228 e. The Labute approximate surface area is 158 Å². The van der Waals surface area contributed by atoms with E-state index in [0.717, 1.165) is 6.07 Å². The van der Waals surface area contributed by atoms with Gasteiger partial charge < -0.3 is 20.1 Å². The summed E-state index contributed by atoms with van der Waals surface area (Å²) in [5.74, 6) is -6.00. The third kappa shape index (κ3) is 3.88. The van der Waals surface area contributed by atoms with E-state index < -0.39 is 46.8 Å². The molecule has 0 aliphatic heterocycles. The molecule has 0 spiro atoms. The van der Waals surface area contributed by atoms with Gasteiger partial charge in [-0.1, -0.05) is 0 Å². The van der Waals surface area contributed by atoms with E-state index >= 15 is 0 Å². The fourth-order valence-corrected chi connectivity index (χ4v) is 2.76. The molecule has 2 aromatic rings. The minimum atomic E-state index is -1.67. The highest BCUT2D eigenvalue weighted by molar-refractivity contribution is 6.03. The molecule has 0 aromatic heterocycles. The molecule has 1 aliphatic rings. The summed E-state index contributed by atoms with van der Waals surface area (Å²) in [7, 11) is 2.92. The fraction of sp³-hybridized carbons (Fsp3) is 0.263. The number of amides is 2. The summed E-state index contributed by atoms with van der Waals surface area (Å²) in [6.07, 6.45) is 0.245. The van der Waals surface area contributed by atoms with Crippen LogP contribution in [0, 0.1) is 29.3 Å². The van der Waals surface area contributed by atoms with Crippen LogP contribution in [0.15, 0.2) is 30.3 Å². The van der Waals surface area contributed by atoms with Gasteiger partial charge in [0, 0.05) is 6.07 Å². The van der Waals surface area contributed by atoms with Crippen molar-refractivity contribution >= 4 is 23.2 Å². The van der Waals surface area contributed by atoms with Gasteiger partial charge in [0.2, 0.25) is 11.8 Å². The summed E-state index contributed by atoms with van der Waals surface area (Å²) in [5.41, 5.74) is -0.103. The Balaban J connectivity index is 1.64. The van der Waals surface area contributed by atoms with E-state index in [1.54, 1.807) is 18.2 Å². The lowest BCUT2D eigenvalue weighted by Gasteiger charge is -2.12. The highest BCUT2D eigenvalue weighted by Crippen LogP contribution is 2.41. The van der Waals surface area contributed by atoms with Crippen LogP contribution in [0.5, 0.6) is 11.5 Å². The van der Waals surface area contributed by atoms with Crippen LogP contribution in [0.1, 0.15) is 6.42 Å². The number of carbonyl (C=O) groups excluding carboxylic acids is 2. The van der Waals surface area contributed by atoms with E-state index in [1.807, 2.05) is 0 Å². The number of ether oxygens (including phenoxy) is 2. The monoisotopic (exact) mass is 394 g/mol. The molecule has 2 atom stereocenters. The first-order valence-electron chi connectivity index (χ1n) is 8.33. The predicted octanol–water partition coefficient (Wildman–Crippen LogP) is 3.33. The first-order valence-corrected chi connectivity index (χ1v) is 8.33. The van der Waals surface area contributed by atoms with Crippen molar-refractivity contribution < 1.29 is 32.2 Å². The lowest BCUT2D eigenvalue weighted by Crippen LogP contribution is -2.21. The first-order chi connectivity index (χ1) is 13.3. The van der Waals surface area contributed by atoms with Crippen molar-refractivity contribution in [2.45, 2.75) is 6.42 Å². The Kier molecular flexibility index (Phi) is 5.43. The molecular formula is C19H17F3N2O4. The average molecular weight is 394 g/mol. The molecule has 0 radical (unpaired) electrons. The summed E-state index contributed by atoms with van der Waals surface area (Å²) in [4.78, 5) is 24.6. The van der Waals surface area contributed by atoms with Crippen LogP contribution in [0.4, 0.5) is 24.5 Å². The number of hydrogen-bond donors (Lipinski definition) is 2. The van der Waals surface area contributed by atoms with Crippen molar-refractivity contribution in [3.05, 3.63) is 47.8 Å². The van der Waals surface area contributed by atoms with Gasteiger partial charge in [-0.05, 0) is 30.7 Å². The van der Waals surface area contributed by atoms with Gasteiger partial charge in [0.15, 0.2) is 17.5 Å². The maximum atomic E-state index is 13.7. The van der Waals surface area contributed by atoms with Gasteiger partial charge >= 0.3 is 0 Å². The third-order valence-electron chi connectivity index (χ3n) is 4.42. The second kappa shape index (κ2) is 7.79. The number of hydrogen-bond acceptors (Lipinski definition) is 4. The first kappa shape index (κ1) is 19.5. The number of carbonyl (C=O) groups is 2. The lowest BCUT2D eigenvalue weighted by atomic mass is 10.2. The topological polar surface area (TPSA) is 76.7 Å². The summed E-state index contributed by atoms with van der Waals surface area (Å²) < 4.78 is 50.2. The molecule has 1 fully saturated rings. The molecule has 28 heavy (non-hydrogen) atoms. The summed E-state index contributed by atoms with van der Waals surface area (Å²) in [6, 6.07) is 6.49. The van der Waals surface area contributed by atoms with Crippen LogP contribution in [0.25, 0.3) is 0 Å². The Morgan fingerprint density at radius 2 is 1.54 bits per heavy atom. The largest absolute Gasteiger partial charge is 0.497 e. The van der Waals surface area contributed by atoms with Gasteiger partial charge in [-0.25, -0.2) is 13.2 Å². The van der Waals surface area contributed by atoms with Gasteiger partial charge in [-0.2, -0.15) is 0 Å². The van der Waals surface area contributed by atoms with Gasteiger partial charge in [0.05, 0.1) is 37.4 Å². The smallest absolute Gasteiger partial charge is 0.228 e. The predicted molar refractivity (Wildman–Crippen MR) is 94.7 cm³/mol. The molecule has 1 aliphatic carbocycles. The molecule has 3 rings (SSSR count). The van der Waals surface area contributed by atoms with Crippen LogP contribution in [0.2, 0.25) is 0 Å². The number of benzene rings is 2. The van der Waals surface area contributed by atoms with E-state index in [0.29, 0.717) is 23.3 Å². The molecule has 1 saturated carbocycles. The highest BCUT2D eigenvalue weighted by atomic mass is 19.2. The van der Waals surface area contributed by atoms with Crippen LogP contribution >= 0.6 is 0 Å². The number of halogens is 3. The van der Waals surface area contributed by atoms with Crippen LogP contribution in [-0.4, -0.2) is 26.0 Å². The summed E-state index contributed by atoms with van der Waals surface area (Å²) in [5, 5.41) is 4.85. The summed E-state index contributed by atoms with van der Waals surface area (Å²) in [6.45, 7) is 0. The number of nitrogens with one attached hydrogen (secondary N) is 2. The molecule has 2 amide bonds. The Hall–Kier alpha value is -3.23. The van der Waals surface area contributed by atoms with Crippen molar-refractivity contribution in [1.29, 1.82) is 0 Å². The molecular weight excluding hydrogens is 377 g/mol. The SMILES string of the molecule is COc1ccc(OC)c(NC(=O)C2CC2C(=O)Nc2ccc(F)c(F)c2F)c1. The second-order valence-electron chi connectivity index (χ2n) is 6.22. The van der Waals surface area contributed by atoms with Gasteiger partial charge in [0.25, 0.3) is 0 Å². The zero-order chi connectivity index (χ0) is 20.4. The zero-order valence-electron chi connectivity index (χ0n) is 15.0. The normalized spacial score (nSPS) is 17.6.